The van der Waals surface area contributed by atoms with Crippen molar-refractivity contribution in [2.24, 2.45) is 0 Å². The predicted octanol–water partition coefficient (Wildman–Crippen LogP) is 6.03. The highest BCUT2D eigenvalue weighted by atomic mass is 16.6. The van der Waals surface area contributed by atoms with Gasteiger partial charge < -0.3 is 33.9 Å². The standard InChI is InChI=1S/C33H28O9/c1-32(2,38)29-20-14-33(3,42-28-18-12-8-6-10-16(18)26(35)24(22(20)28)31(37)41-29)21-13-19-23(30(36)39-4)25(34)15-9-5-7-11-17(15)27(19)40-21/h5-13,20,29,34-35,38H,14H2,1-4H3. The predicted molar refractivity (Wildman–Crippen MR) is 153 cm³/mol. The first kappa shape index (κ1) is 26.2. The van der Waals surface area contributed by atoms with Gasteiger partial charge in [0.05, 0.1) is 12.7 Å². The maximum absolute atomic E-state index is 13.2. The average Bonchev–Trinajstić information content (AvgIpc) is 3.42. The molecular weight excluding hydrogens is 540 g/mol. The van der Waals surface area contributed by atoms with Crippen LogP contribution in [0.2, 0.25) is 0 Å². The molecule has 0 spiro atoms. The summed E-state index contributed by atoms with van der Waals surface area (Å²) in [5.74, 6) is -1.72. The van der Waals surface area contributed by atoms with Gasteiger partial charge in [0.25, 0.3) is 0 Å². The molecule has 0 fully saturated rings. The number of phenolic OH excluding ortho intramolecular Hbond substituents is 2. The Bertz CT molecular complexity index is 1980. The van der Waals surface area contributed by atoms with E-state index in [1.807, 2.05) is 13.0 Å². The Labute approximate surface area is 239 Å². The van der Waals surface area contributed by atoms with Crippen LogP contribution in [0.25, 0.3) is 32.5 Å². The number of hydrogen-bond acceptors (Lipinski definition) is 9. The third kappa shape index (κ3) is 3.46. The van der Waals surface area contributed by atoms with Gasteiger partial charge >= 0.3 is 11.9 Å². The summed E-state index contributed by atoms with van der Waals surface area (Å²) in [5.41, 5.74) is -1.78. The van der Waals surface area contributed by atoms with Gasteiger partial charge in [0.2, 0.25) is 0 Å². The van der Waals surface area contributed by atoms with Gasteiger partial charge in [0.15, 0.2) is 5.60 Å². The van der Waals surface area contributed by atoms with Crippen molar-refractivity contribution in [3.8, 4) is 17.2 Å². The molecule has 7 rings (SSSR count). The molecule has 3 unspecified atom stereocenters. The van der Waals surface area contributed by atoms with Crippen LogP contribution in [0.3, 0.4) is 0 Å². The molecule has 2 aliphatic rings. The quantitative estimate of drug-likeness (QED) is 0.223. The summed E-state index contributed by atoms with van der Waals surface area (Å²) in [7, 11) is 1.24. The van der Waals surface area contributed by atoms with Crippen molar-refractivity contribution in [1.29, 1.82) is 0 Å². The summed E-state index contributed by atoms with van der Waals surface area (Å²) in [5, 5.41) is 35.8. The van der Waals surface area contributed by atoms with Crippen LogP contribution in [0.5, 0.6) is 17.2 Å². The fraction of sp³-hybridized carbons (Fsp3) is 0.273. The normalized spacial score (nSPS) is 21.7. The van der Waals surface area contributed by atoms with Crippen molar-refractivity contribution in [3.05, 3.63) is 77.0 Å². The molecule has 214 valence electrons. The number of ether oxygens (including phenoxy) is 3. The molecule has 9 heteroatoms. The third-order valence-electron chi connectivity index (χ3n) is 8.56. The van der Waals surface area contributed by atoms with Crippen LogP contribution >= 0.6 is 0 Å². The van der Waals surface area contributed by atoms with Gasteiger partial charge in [0, 0.05) is 44.8 Å². The molecule has 5 aromatic rings. The third-order valence-corrected chi connectivity index (χ3v) is 8.56. The molecular formula is C33H28O9. The van der Waals surface area contributed by atoms with Crippen molar-refractivity contribution in [3.63, 3.8) is 0 Å². The van der Waals surface area contributed by atoms with E-state index in [0.29, 0.717) is 49.6 Å². The molecule has 3 atom stereocenters. The minimum atomic E-state index is -1.43. The van der Waals surface area contributed by atoms with E-state index in [9.17, 15) is 24.9 Å². The van der Waals surface area contributed by atoms with Gasteiger partial charge in [-0.3, -0.25) is 0 Å². The van der Waals surface area contributed by atoms with E-state index in [-0.39, 0.29) is 29.0 Å². The number of carbonyl (C=O) groups excluding carboxylic acids is 2. The first-order valence-electron chi connectivity index (χ1n) is 13.6. The molecule has 9 nitrogen and oxygen atoms in total. The largest absolute Gasteiger partial charge is 0.506 e. The molecule has 0 saturated heterocycles. The van der Waals surface area contributed by atoms with Crippen LogP contribution in [-0.2, 0) is 15.1 Å². The Balaban J connectivity index is 1.52. The Morgan fingerprint density at radius 1 is 0.976 bits per heavy atom. The Hall–Kier alpha value is -4.76. The van der Waals surface area contributed by atoms with E-state index in [4.69, 9.17) is 18.6 Å². The molecule has 3 heterocycles. The lowest BCUT2D eigenvalue weighted by Crippen LogP contribution is -2.51. The summed E-state index contributed by atoms with van der Waals surface area (Å²) in [6, 6.07) is 15.8. The number of esters is 2. The molecule has 3 N–H and O–H groups in total. The van der Waals surface area contributed by atoms with E-state index >= 15 is 0 Å². The van der Waals surface area contributed by atoms with E-state index in [1.165, 1.54) is 7.11 Å². The number of methoxy groups -OCH3 is 1. The van der Waals surface area contributed by atoms with E-state index < -0.39 is 35.2 Å². The zero-order chi connectivity index (χ0) is 29.7. The molecule has 4 aromatic carbocycles. The molecule has 2 aliphatic heterocycles. The minimum absolute atomic E-state index is 0.0183. The maximum atomic E-state index is 13.2. The highest BCUT2D eigenvalue weighted by Crippen LogP contribution is 2.57. The van der Waals surface area contributed by atoms with Crippen LogP contribution in [0.1, 0.15) is 65.1 Å². The Morgan fingerprint density at radius 2 is 1.60 bits per heavy atom. The fourth-order valence-electron chi connectivity index (χ4n) is 6.67. The van der Waals surface area contributed by atoms with E-state index in [2.05, 4.69) is 0 Å². The Morgan fingerprint density at radius 3 is 2.24 bits per heavy atom. The maximum Gasteiger partial charge on any atom is 0.342 e. The number of rotatable bonds is 3. The molecule has 0 saturated carbocycles. The van der Waals surface area contributed by atoms with Crippen LogP contribution in [0.15, 0.2) is 59.0 Å². The summed E-state index contributed by atoms with van der Waals surface area (Å²) in [6.45, 7) is 4.97. The minimum Gasteiger partial charge on any atom is -0.506 e. The number of phenols is 2. The van der Waals surface area contributed by atoms with Gasteiger partial charge in [0.1, 0.15) is 45.8 Å². The second-order valence-corrected chi connectivity index (χ2v) is 11.7. The second kappa shape index (κ2) is 8.62. The van der Waals surface area contributed by atoms with Crippen molar-refractivity contribution < 1.29 is 43.5 Å². The van der Waals surface area contributed by atoms with Crippen LogP contribution in [-0.4, -0.2) is 46.1 Å². The molecule has 0 bridgehead atoms. The number of carbonyl (C=O) groups is 2. The highest BCUT2D eigenvalue weighted by molar-refractivity contribution is 6.18. The van der Waals surface area contributed by atoms with Crippen LogP contribution in [0, 0.1) is 0 Å². The zero-order valence-electron chi connectivity index (χ0n) is 23.3. The second-order valence-electron chi connectivity index (χ2n) is 11.7. The topological polar surface area (TPSA) is 136 Å². The molecule has 0 amide bonds. The van der Waals surface area contributed by atoms with Crippen LogP contribution < -0.4 is 4.74 Å². The first-order chi connectivity index (χ1) is 19.9. The molecule has 0 radical (unpaired) electrons. The van der Waals surface area contributed by atoms with Gasteiger partial charge in [-0.2, -0.15) is 0 Å². The number of aromatic hydroxyl groups is 2. The fourth-order valence-corrected chi connectivity index (χ4v) is 6.67. The van der Waals surface area contributed by atoms with Gasteiger partial charge in [-0.15, -0.1) is 0 Å². The lowest BCUT2D eigenvalue weighted by atomic mass is 9.71. The number of benzene rings is 4. The monoisotopic (exact) mass is 568 g/mol. The van der Waals surface area contributed by atoms with Crippen molar-refractivity contribution in [2.45, 2.75) is 50.4 Å². The van der Waals surface area contributed by atoms with E-state index in [0.717, 1.165) is 0 Å². The SMILES string of the molecule is COC(=O)c1c(O)c2ccccc2c2oc(C3(C)CC4c5c(c(O)c6ccccc6c5O3)C(=O)OC4C(C)(C)O)cc12. The summed E-state index contributed by atoms with van der Waals surface area (Å²) in [6.07, 6.45) is -0.760. The number of cyclic esters (lactones) is 1. The van der Waals surface area contributed by atoms with Crippen molar-refractivity contribution >= 4 is 44.5 Å². The van der Waals surface area contributed by atoms with Crippen LogP contribution in [0.4, 0.5) is 0 Å². The number of hydrogen-bond donors (Lipinski definition) is 3. The summed E-state index contributed by atoms with van der Waals surface area (Å²) < 4.78 is 24.0. The highest BCUT2D eigenvalue weighted by Gasteiger charge is 2.54. The molecule has 42 heavy (non-hydrogen) atoms. The van der Waals surface area contributed by atoms with Gasteiger partial charge in [-0.1, -0.05) is 48.5 Å². The zero-order valence-corrected chi connectivity index (χ0v) is 23.3. The number of furan rings is 1. The van der Waals surface area contributed by atoms with E-state index in [1.54, 1.807) is 62.4 Å². The van der Waals surface area contributed by atoms with Gasteiger partial charge in [-0.25, -0.2) is 9.59 Å². The first-order valence-corrected chi connectivity index (χ1v) is 13.6. The number of fused-ring (bicyclic) bond motifs is 5. The summed E-state index contributed by atoms with van der Waals surface area (Å²) in [4.78, 5) is 26.1. The average molecular weight is 569 g/mol. The van der Waals surface area contributed by atoms with Crippen molar-refractivity contribution in [2.75, 3.05) is 7.11 Å². The summed E-state index contributed by atoms with van der Waals surface area (Å²) >= 11 is 0. The lowest BCUT2D eigenvalue weighted by molar-refractivity contribution is -0.0979. The number of aliphatic hydroxyl groups is 1. The smallest absolute Gasteiger partial charge is 0.342 e. The Kier molecular flexibility index (Phi) is 5.37. The molecule has 1 aromatic heterocycles. The molecule has 0 aliphatic carbocycles. The van der Waals surface area contributed by atoms with Crippen molar-refractivity contribution in [1.82, 2.24) is 0 Å². The lowest BCUT2D eigenvalue weighted by Gasteiger charge is -2.47. The van der Waals surface area contributed by atoms with Gasteiger partial charge in [-0.05, 0) is 26.8 Å².